The minimum Gasteiger partial charge on any atom is -0.449 e. The van der Waals surface area contributed by atoms with Crippen LogP contribution in [0.1, 0.15) is 59.2 Å². The predicted molar refractivity (Wildman–Crippen MR) is 116 cm³/mol. The lowest BCUT2D eigenvalue weighted by atomic mass is 9.84. The van der Waals surface area contributed by atoms with E-state index in [2.05, 4.69) is 0 Å². The van der Waals surface area contributed by atoms with Crippen molar-refractivity contribution in [2.45, 2.75) is 48.7 Å². The number of aliphatic hydroxyl groups is 1. The number of amides is 1. The van der Waals surface area contributed by atoms with Crippen molar-refractivity contribution < 1.29 is 24.2 Å². The van der Waals surface area contributed by atoms with Gasteiger partial charge in [-0.25, -0.2) is 4.79 Å². The van der Waals surface area contributed by atoms with E-state index in [4.69, 9.17) is 9.47 Å². The molecule has 1 saturated carbocycles. The van der Waals surface area contributed by atoms with Gasteiger partial charge in [-0.15, -0.1) is 0 Å². The second-order valence-electron chi connectivity index (χ2n) is 9.71. The molecule has 0 radical (unpaired) electrons. The molecule has 6 nitrogen and oxygen atoms in total. The summed E-state index contributed by atoms with van der Waals surface area (Å²) in [6.45, 7) is 2.12. The molecule has 4 aliphatic rings. The third-order valence-electron chi connectivity index (χ3n) is 7.90. The third kappa shape index (κ3) is 2.86. The third-order valence-corrected chi connectivity index (χ3v) is 7.90. The van der Waals surface area contributed by atoms with Gasteiger partial charge in [-0.1, -0.05) is 42.5 Å². The van der Waals surface area contributed by atoms with Crippen LogP contribution in [0.4, 0.5) is 0 Å². The molecule has 3 fully saturated rings. The van der Waals surface area contributed by atoms with Crippen LogP contribution in [0.5, 0.6) is 0 Å². The maximum atomic E-state index is 13.6. The molecule has 1 atom stereocenters. The molecule has 1 spiro atoms. The average molecular weight is 434 g/mol. The number of carbonyl (C=O) groups is 2. The van der Waals surface area contributed by atoms with Gasteiger partial charge in [-0.2, -0.15) is 0 Å². The quantitative estimate of drug-likeness (QED) is 0.753. The molecule has 1 N–H and O–H groups in total. The first-order chi connectivity index (χ1) is 15.5. The summed E-state index contributed by atoms with van der Waals surface area (Å²) in [6, 6.07) is 15.5. The Bertz CT molecular complexity index is 1080. The smallest absolute Gasteiger partial charge is 0.339 e. The van der Waals surface area contributed by atoms with Crippen molar-refractivity contribution in [1.82, 2.24) is 4.90 Å². The number of rotatable bonds is 3. The summed E-state index contributed by atoms with van der Waals surface area (Å²) in [7, 11) is 0. The highest BCUT2D eigenvalue weighted by atomic mass is 16.6. The topological polar surface area (TPSA) is 76.1 Å². The van der Waals surface area contributed by atoms with E-state index < -0.39 is 16.6 Å². The van der Waals surface area contributed by atoms with E-state index in [-0.39, 0.29) is 11.9 Å². The zero-order valence-corrected chi connectivity index (χ0v) is 18.0. The summed E-state index contributed by atoms with van der Waals surface area (Å²) in [5, 5.41) is 11.0. The maximum Gasteiger partial charge on any atom is 0.339 e. The minimum atomic E-state index is -0.849. The summed E-state index contributed by atoms with van der Waals surface area (Å²) in [5.74, 6) is -0.176. The van der Waals surface area contributed by atoms with E-state index in [1.807, 2.05) is 47.4 Å². The van der Waals surface area contributed by atoms with Crippen LogP contribution in [0.3, 0.4) is 0 Å². The van der Waals surface area contributed by atoms with Crippen molar-refractivity contribution >= 4 is 11.9 Å². The Kier molecular flexibility index (Phi) is 4.30. The second kappa shape index (κ2) is 6.90. The van der Waals surface area contributed by atoms with Crippen LogP contribution in [-0.2, 0) is 30.9 Å². The summed E-state index contributed by atoms with van der Waals surface area (Å²) in [6.07, 6.45) is 3.46. The van der Waals surface area contributed by atoms with E-state index >= 15 is 0 Å². The van der Waals surface area contributed by atoms with Crippen LogP contribution in [-0.4, -0.2) is 48.2 Å². The average Bonchev–Trinajstić information content (AvgIpc) is 3.46. The second-order valence-corrected chi connectivity index (χ2v) is 9.71. The molecule has 1 amide bonds. The van der Waals surface area contributed by atoms with Gasteiger partial charge in [-0.05, 0) is 30.0 Å². The van der Waals surface area contributed by atoms with Crippen molar-refractivity contribution in [2.24, 2.45) is 0 Å². The van der Waals surface area contributed by atoms with Crippen LogP contribution in [0.15, 0.2) is 48.5 Å². The molecule has 0 aromatic heterocycles. The number of benzene rings is 2. The van der Waals surface area contributed by atoms with Crippen molar-refractivity contribution in [2.75, 3.05) is 26.3 Å². The lowest BCUT2D eigenvalue weighted by Gasteiger charge is -2.33. The van der Waals surface area contributed by atoms with Crippen LogP contribution in [0, 0.1) is 0 Å². The van der Waals surface area contributed by atoms with E-state index in [1.54, 1.807) is 6.07 Å². The SMILES string of the molecule is O=C1OC2(CCN(C(=O)C3(c4ccc(C5(O)CCOCC5)cc4)CC3)C2)c2ccccc21. The molecule has 0 bridgehead atoms. The number of ether oxygens (including phenoxy) is 2. The molecular weight excluding hydrogens is 406 g/mol. The van der Waals surface area contributed by atoms with Crippen LogP contribution >= 0.6 is 0 Å². The number of likely N-dealkylation sites (tertiary alicyclic amines) is 1. The Morgan fingerprint density at radius 1 is 0.906 bits per heavy atom. The largest absolute Gasteiger partial charge is 0.449 e. The molecular formula is C26H27NO5. The van der Waals surface area contributed by atoms with Gasteiger partial charge in [0.15, 0.2) is 5.60 Å². The van der Waals surface area contributed by atoms with Gasteiger partial charge >= 0.3 is 5.97 Å². The first kappa shape index (κ1) is 19.9. The fourth-order valence-corrected chi connectivity index (χ4v) is 5.76. The van der Waals surface area contributed by atoms with E-state index in [0.717, 1.165) is 29.5 Å². The number of fused-ring (bicyclic) bond motifs is 2. The lowest BCUT2D eigenvalue weighted by molar-refractivity contribution is -0.134. The number of carbonyl (C=O) groups excluding carboxylic acids is 2. The van der Waals surface area contributed by atoms with Gasteiger partial charge in [0.25, 0.3) is 0 Å². The lowest BCUT2D eigenvalue weighted by Crippen LogP contribution is -2.40. The fraction of sp³-hybridized carbons (Fsp3) is 0.462. The van der Waals surface area contributed by atoms with Crippen molar-refractivity contribution in [3.05, 3.63) is 70.8 Å². The van der Waals surface area contributed by atoms with E-state index in [0.29, 0.717) is 51.1 Å². The van der Waals surface area contributed by atoms with Crippen molar-refractivity contribution in [3.8, 4) is 0 Å². The maximum absolute atomic E-state index is 13.6. The van der Waals surface area contributed by atoms with E-state index in [1.165, 1.54) is 0 Å². The molecule has 32 heavy (non-hydrogen) atoms. The zero-order valence-electron chi connectivity index (χ0n) is 18.0. The summed E-state index contributed by atoms with van der Waals surface area (Å²) >= 11 is 0. The monoisotopic (exact) mass is 433 g/mol. The molecule has 3 heterocycles. The normalized spacial score (nSPS) is 27.3. The number of hydrogen-bond acceptors (Lipinski definition) is 5. The molecule has 6 heteroatoms. The van der Waals surface area contributed by atoms with Crippen LogP contribution in [0.25, 0.3) is 0 Å². The first-order valence-electron chi connectivity index (χ1n) is 11.5. The van der Waals surface area contributed by atoms with Gasteiger partial charge in [0.05, 0.1) is 23.1 Å². The summed E-state index contributed by atoms with van der Waals surface area (Å²) < 4.78 is 11.2. The molecule has 1 unspecified atom stereocenters. The Hall–Kier alpha value is -2.70. The number of nitrogens with zero attached hydrogens (tertiary/aromatic N) is 1. The molecule has 2 saturated heterocycles. The van der Waals surface area contributed by atoms with Crippen LogP contribution < -0.4 is 0 Å². The highest BCUT2D eigenvalue weighted by Gasteiger charge is 2.57. The Balaban J connectivity index is 1.22. The summed E-state index contributed by atoms with van der Waals surface area (Å²) in [5.41, 5.74) is 1.36. The molecule has 2 aromatic carbocycles. The summed E-state index contributed by atoms with van der Waals surface area (Å²) in [4.78, 5) is 27.9. The van der Waals surface area contributed by atoms with Crippen LogP contribution in [0.2, 0.25) is 0 Å². The van der Waals surface area contributed by atoms with Gasteiger partial charge < -0.3 is 19.5 Å². The Morgan fingerprint density at radius 3 is 2.31 bits per heavy atom. The van der Waals surface area contributed by atoms with Gasteiger partial charge in [0.2, 0.25) is 5.91 Å². The molecule has 6 rings (SSSR count). The number of esters is 1. The standard InChI is InChI=1S/C26H27NO5/c28-22-20-3-1-2-4-21(20)26(32-22)11-14-27(17-26)23(29)24(9-10-24)18-5-7-19(8-6-18)25(30)12-15-31-16-13-25/h1-8,30H,9-17H2. The molecule has 166 valence electrons. The van der Waals surface area contributed by atoms with Gasteiger partial charge in [0.1, 0.15) is 0 Å². The Labute approximate surface area is 187 Å². The van der Waals surface area contributed by atoms with Crippen molar-refractivity contribution in [1.29, 1.82) is 0 Å². The van der Waals surface area contributed by atoms with Gasteiger partial charge in [-0.3, -0.25) is 4.79 Å². The predicted octanol–water partition coefficient (Wildman–Crippen LogP) is 3.01. The van der Waals surface area contributed by atoms with Gasteiger partial charge in [0, 0.05) is 44.6 Å². The van der Waals surface area contributed by atoms with E-state index in [9.17, 15) is 14.7 Å². The van der Waals surface area contributed by atoms with Crippen molar-refractivity contribution in [3.63, 3.8) is 0 Å². The molecule has 2 aromatic rings. The number of hydrogen-bond donors (Lipinski definition) is 1. The minimum absolute atomic E-state index is 0.118. The zero-order chi connectivity index (χ0) is 22.0. The highest BCUT2D eigenvalue weighted by molar-refractivity contribution is 5.96. The molecule has 3 aliphatic heterocycles. The fourth-order valence-electron chi connectivity index (χ4n) is 5.76. The molecule has 1 aliphatic carbocycles. The highest BCUT2D eigenvalue weighted by Crippen LogP contribution is 2.52. The first-order valence-corrected chi connectivity index (χ1v) is 11.5. The Morgan fingerprint density at radius 2 is 1.59 bits per heavy atom.